The molecule has 4 rings (SSSR count). The molecule has 0 saturated carbocycles. The van der Waals surface area contributed by atoms with E-state index >= 15 is 0 Å². The summed E-state index contributed by atoms with van der Waals surface area (Å²) in [7, 11) is 3.45. The molecular formula is C23H26N4O3. The van der Waals surface area contributed by atoms with E-state index in [0.29, 0.717) is 37.1 Å². The average molecular weight is 406 g/mol. The maximum absolute atomic E-state index is 13.3. The molecule has 1 saturated heterocycles. The molecule has 0 unspecified atom stereocenters. The predicted octanol–water partition coefficient (Wildman–Crippen LogP) is 3.33. The van der Waals surface area contributed by atoms with Gasteiger partial charge in [0.25, 0.3) is 5.91 Å². The average Bonchev–Trinajstić information content (AvgIpc) is 3.05. The molecule has 0 atom stereocenters. The molecule has 156 valence electrons. The number of amides is 1. The van der Waals surface area contributed by atoms with Crippen LogP contribution >= 0.6 is 0 Å². The first-order chi connectivity index (χ1) is 14.4. The van der Waals surface area contributed by atoms with Crippen LogP contribution in [0.3, 0.4) is 0 Å². The fraction of sp³-hybridized carbons (Fsp3) is 0.391. The summed E-state index contributed by atoms with van der Waals surface area (Å²) in [5.74, 6) is 0.783. The SMILES string of the molecule is COc1ccc(C(=O)C2CCN(C(=O)c3cc(C)nc4c3c(C)nn4C)CC2)cc1. The van der Waals surface area contributed by atoms with E-state index in [-0.39, 0.29) is 17.6 Å². The molecule has 7 heteroatoms. The summed E-state index contributed by atoms with van der Waals surface area (Å²) < 4.78 is 6.88. The molecule has 1 aliphatic heterocycles. The monoisotopic (exact) mass is 406 g/mol. The van der Waals surface area contributed by atoms with Gasteiger partial charge in [-0.2, -0.15) is 5.10 Å². The quantitative estimate of drug-likeness (QED) is 0.621. The Kier molecular flexibility index (Phi) is 5.28. The number of likely N-dealkylation sites (tertiary alicyclic amines) is 1. The smallest absolute Gasteiger partial charge is 0.254 e. The molecule has 7 nitrogen and oxygen atoms in total. The number of hydrogen-bond donors (Lipinski definition) is 0. The lowest BCUT2D eigenvalue weighted by Gasteiger charge is -2.31. The molecular weight excluding hydrogens is 380 g/mol. The van der Waals surface area contributed by atoms with E-state index in [1.165, 1.54) is 0 Å². The molecule has 30 heavy (non-hydrogen) atoms. The fourth-order valence-electron chi connectivity index (χ4n) is 4.24. The van der Waals surface area contributed by atoms with E-state index in [1.54, 1.807) is 36.1 Å². The first-order valence-electron chi connectivity index (χ1n) is 10.2. The van der Waals surface area contributed by atoms with Crippen LogP contribution in [0.15, 0.2) is 30.3 Å². The summed E-state index contributed by atoms with van der Waals surface area (Å²) in [5, 5.41) is 5.24. The van der Waals surface area contributed by atoms with Crippen molar-refractivity contribution in [3.05, 3.63) is 52.8 Å². The topological polar surface area (TPSA) is 77.3 Å². The summed E-state index contributed by atoms with van der Waals surface area (Å²) >= 11 is 0. The molecule has 2 aromatic heterocycles. The number of methoxy groups -OCH3 is 1. The van der Waals surface area contributed by atoms with Gasteiger partial charge in [0.2, 0.25) is 0 Å². The number of hydrogen-bond acceptors (Lipinski definition) is 5. The van der Waals surface area contributed by atoms with Crippen molar-refractivity contribution in [2.24, 2.45) is 13.0 Å². The van der Waals surface area contributed by atoms with Crippen molar-refractivity contribution in [2.45, 2.75) is 26.7 Å². The van der Waals surface area contributed by atoms with Gasteiger partial charge in [-0.25, -0.2) is 4.98 Å². The number of Topliss-reactive ketones (excluding diaryl/α,β-unsaturated/α-hetero) is 1. The zero-order valence-corrected chi connectivity index (χ0v) is 17.8. The molecule has 1 aromatic carbocycles. The number of ketones is 1. The highest BCUT2D eigenvalue weighted by Gasteiger charge is 2.30. The molecule has 1 fully saturated rings. The van der Waals surface area contributed by atoms with Gasteiger partial charge in [0.05, 0.1) is 23.8 Å². The van der Waals surface area contributed by atoms with Gasteiger partial charge >= 0.3 is 0 Å². The van der Waals surface area contributed by atoms with Crippen LogP contribution in [-0.4, -0.2) is 51.6 Å². The summed E-state index contributed by atoms with van der Waals surface area (Å²) in [6.45, 7) is 4.91. The van der Waals surface area contributed by atoms with Crippen LogP contribution in [-0.2, 0) is 7.05 Å². The Balaban J connectivity index is 1.50. The Morgan fingerprint density at radius 3 is 2.40 bits per heavy atom. The Morgan fingerprint density at radius 2 is 1.77 bits per heavy atom. The van der Waals surface area contributed by atoms with Crippen LogP contribution in [0.1, 0.15) is 44.9 Å². The van der Waals surface area contributed by atoms with Crippen LogP contribution in [0, 0.1) is 19.8 Å². The predicted molar refractivity (Wildman–Crippen MR) is 114 cm³/mol. The Hall–Kier alpha value is -3.22. The van der Waals surface area contributed by atoms with Crippen LogP contribution in [0.4, 0.5) is 0 Å². The number of ether oxygens (including phenoxy) is 1. The lowest BCUT2D eigenvalue weighted by Crippen LogP contribution is -2.40. The number of nitrogens with zero attached hydrogens (tertiary/aromatic N) is 4. The third-order valence-corrected chi connectivity index (χ3v) is 5.85. The summed E-state index contributed by atoms with van der Waals surface area (Å²) in [6, 6.07) is 9.06. The maximum atomic E-state index is 13.3. The number of rotatable bonds is 4. The van der Waals surface area contributed by atoms with Gasteiger partial charge in [0.1, 0.15) is 5.75 Å². The van der Waals surface area contributed by atoms with Crippen molar-refractivity contribution in [1.29, 1.82) is 0 Å². The lowest BCUT2D eigenvalue weighted by molar-refractivity contribution is 0.0651. The second-order valence-corrected chi connectivity index (χ2v) is 7.88. The van der Waals surface area contributed by atoms with E-state index in [1.807, 2.05) is 31.9 Å². The van der Waals surface area contributed by atoms with E-state index in [4.69, 9.17) is 4.74 Å². The fourth-order valence-corrected chi connectivity index (χ4v) is 4.24. The van der Waals surface area contributed by atoms with Crippen molar-refractivity contribution < 1.29 is 14.3 Å². The van der Waals surface area contributed by atoms with E-state index in [0.717, 1.165) is 28.2 Å². The lowest BCUT2D eigenvalue weighted by atomic mass is 9.88. The second-order valence-electron chi connectivity index (χ2n) is 7.88. The summed E-state index contributed by atoms with van der Waals surface area (Å²) in [5.41, 5.74) is 3.65. The third kappa shape index (κ3) is 3.56. The minimum atomic E-state index is -0.0678. The number of aryl methyl sites for hydroxylation is 3. The van der Waals surface area contributed by atoms with Gasteiger partial charge < -0.3 is 9.64 Å². The number of carbonyl (C=O) groups is 2. The zero-order chi connectivity index (χ0) is 21.4. The van der Waals surface area contributed by atoms with E-state index in [2.05, 4.69) is 10.1 Å². The molecule has 0 aliphatic carbocycles. The minimum absolute atomic E-state index is 0.0167. The molecule has 0 N–H and O–H groups in total. The van der Waals surface area contributed by atoms with Gasteiger partial charge in [-0.3, -0.25) is 14.3 Å². The number of piperidine rings is 1. The molecule has 3 aromatic rings. The van der Waals surface area contributed by atoms with Crippen LogP contribution in [0.25, 0.3) is 11.0 Å². The first kappa shape index (κ1) is 20.1. The maximum Gasteiger partial charge on any atom is 0.254 e. The number of aromatic nitrogens is 3. The van der Waals surface area contributed by atoms with Crippen LogP contribution in [0.2, 0.25) is 0 Å². The highest BCUT2D eigenvalue weighted by molar-refractivity contribution is 6.06. The zero-order valence-electron chi connectivity index (χ0n) is 17.8. The Morgan fingerprint density at radius 1 is 1.10 bits per heavy atom. The highest BCUT2D eigenvalue weighted by atomic mass is 16.5. The van der Waals surface area contributed by atoms with Gasteiger partial charge in [-0.05, 0) is 57.0 Å². The van der Waals surface area contributed by atoms with Crippen molar-refractivity contribution in [1.82, 2.24) is 19.7 Å². The minimum Gasteiger partial charge on any atom is -0.497 e. The van der Waals surface area contributed by atoms with Crippen molar-refractivity contribution in [3.8, 4) is 5.75 Å². The summed E-state index contributed by atoms with van der Waals surface area (Å²) in [6.07, 6.45) is 1.33. The van der Waals surface area contributed by atoms with Gasteiger partial charge in [-0.1, -0.05) is 0 Å². The molecule has 0 spiro atoms. The van der Waals surface area contributed by atoms with E-state index in [9.17, 15) is 9.59 Å². The molecule has 1 aliphatic rings. The highest BCUT2D eigenvalue weighted by Crippen LogP contribution is 2.27. The standard InChI is InChI=1S/C23H26N4O3/c1-14-13-19(20-15(2)25-26(3)22(20)24-14)23(29)27-11-9-17(10-12-27)21(28)16-5-7-18(30-4)8-6-16/h5-8,13,17H,9-12H2,1-4H3. The molecule has 1 amide bonds. The molecule has 3 heterocycles. The van der Waals surface area contributed by atoms with Crippen molar-refractivity contribution in [2.75, 3.05) is 20.2 Å². The first-order valence-corrected chi connectivity index (χ1v) is 10.2. The number of carbonyl (C=O) groups excluding carboxylic acids is 2. The van der Waals surface area contributed by atoms with Crippen molar-refractivity contribution in [3.63, 3.8) is 0 Å². The van der Waals surface area contributed by atoms with Crippen molar-refractivity contribution >= 4 is 22.7 Å². The van der Waals surface area contributed by atoms with E-state index < -0.39 is 0 Å². The number of benzene rings is 1. The summed E-state index contributed by atoms with van der Waals surface area (Å²) in [4.78, 5) is 32.5. The van der Waals surface area contributed by atoms with Gasteiger partial charge in [0.15, 0.2) is 11.4 Å². The van der Waals surface area contributed by atoms with Gasteiger partial charge in [0, 0.05) is 37.3 Å². The van der Waals surface area contributed by atoms with Gasteiger partial charge in [-0.15, -0.1) is 0 Å². The number of fused-ring (bicyclic) bond motifs is 1. The molecule has 0 bridgehead atoms. The van der Waals surface area contributed by atoms with Crippen LogP contribution < -0.4 is 4.74 Å². The Bertz CT molecular complexity index is 1110. The van der Waals surface area contributed by atoms with Crippen LogP contribution in [0.5, 0.6) is 5.75 Å². The Labute approximate surface area is 175 Å². The normalized spacial score (nSPS) is 14.9. The second kappa shape index (κ2) is 7.89. The largest absolute Gasteiger partial charge is 0.497 e. The third-order valence-electron chi connectivity index (χ3n) is 5.85. The molecule has 0 radical (unpaired) electrons. The number of pyridine rings is 1.